The molecule has 3 amide bonds. The van der Waals surface area contributed by atoms with Crippen molar-refractivity contribution in [2.75, 3.05) is 50.7 Å². The molecule has 1 aromatic heterocycles. The number of aryl methyl sites for hydroxylation is 1. The zero-order valence-electron chi connectivity index (χ0n) is 22.1. The van der Waals surface area contributed by atoms with Crippen molar-refractivity contribution in [1.82, 2.24) is 25.1 Å². The Labute approximate surface area is 232 Å². The largest absolute Gasteiger partial charge is 0.465 e. The Morgan fingerprint density at radius 1 is 1.18 bits per heavy atom. The molecule has 13 heteroatoms. The van der Waals surface area contributed by atoms with Gasteiger partial charge in [-0.05, 0) is 49.1 Å². The first-order valence-corrected chi connectivity index (χ1v) is 13.3. The number of hydrogen-bond acceptors (Lipinski definition) is 8. The van der Waals surface area contributed by atoms with Crippen LogP contribution in [0.1, 0.15) is 40.9 Å². The number of hydrogen-bond donors (Lipinski definition) is 5. The monoisotopic (exact) mass is 560 g/mol. The summed E-state index contributed by atoms with van der Waals surface area (Å²) in [5, 5.41) is 12.7. The van der Waals surface area contributed by atoms with Gasteiger partial charge in [-0.25, -0.2) is 14.8 Å². The molecule has 1 fully saturated rings. The quantitative estimate of drug-likeness (QED) is 0.272. The number of nitrogens with one attached hydrogen (secondary N) is 1. The highest BCUT2D eigenvalue weighted by molar-refractivity contribution is 6.31. The van der Waals surface area contributed by atoms with Crippen molar-refractivity contribution in [2.45, 2.75) is 32.6 Å². The third-order valence-electron chi connectivity index (χ3n) is 6.99. The number of piperidine rings is 1. The molecule has 1 unspecified atom stereocenters. The van der Waals surface area contributed by atoms with Gasteiger partial charge in [0.05, 0.1) is 0 Å². The van der Waals surface area contributed by atoms with Crippen molar-refractivity contribution < 1.29 is 19.5 Å². The lowest BCUT2D eigenvalue weighted by Crippen LogP contribution is -2.45. The van der Waals surface area contributed by atoms with E-state index in [1.165, 1.54) is 4.90 Å². The van der Waals surface area contributed by atoms with Crippen molar-refractivity contribution in [1.29, 1.82) is 0 Å². The molecular formula is C26H37ClN8O4. The zero-order chi connectivity index (χ0) is 28.5. The van der Waals surface area contributed by atoms with Crippen molar-refractivity contribution in [2.24, 2.45) is 17.6 Å². The summed E-state index contributed by atoms with van der Waals surface area (Å²) in [6.07, 6.45) is 1.27. The first-order valence-electron chi connectivity index (χ1n) is 13.0. The number of amides is 3. The van der Waals surface area contributed by atoms with E-state index in [2.05, 4.69) is 15.3 Å². The molecule has 3 rings (SSSR count). The summed E-state index contributed by atoms with van der Waals surface area (Å²) in [7, 11) is 0. The van der Waals surface area contributed by atoms with Gasteiger partial charge in [0.25, 0.3) is 5.91 Å². The lowest BCUT2D eigenvalue weighted by molar-refractivity contribution is -0.132. The lowest BCUT2D eigenvalue weighted by atomic mass is 9.93. The van der Waals surface area contributed by atoms with Gasteiger partial charge >= 0.3 is 6.09 Å². The maximum absolute atomic E-state index is 12.9. The molecule has 0 spiro atoms. The van der Waals surface area contributed by atoms with Crippen molar-refractivity contribution in [3.63, 3.8) is 0 Å². The molecule has 1 aliphatic heterocycles. The molecule has 0 saturated carbocycles. The van der Waals surface area contributed by atoms with Crippen LogP contribution >= 0.6 is 11.6 Å². The van der Waals surface area contributed by atoms with Gasteiger partial charge in [0.2, 0.25) is 5.91 Å². The Hall–Kier alpha value is -3.64. The number of nitrogens with zero attached hydrogens (tertiary/aromatic N) is 4. The average molecular weight is 561 g/mol. The highest BCUT2D eigenvalue weighted by atomic mass is 35.5. The first-order chi connectivity index (χ1) is 18.6. The SMILES string of the molecule is Cc1ccccc1CC(CNC(=O)c1nc(Cl)c(N)nc1N)CN(CC1CCN(C(=O)CCN)CC1)C(=O)O. The summed E-state index contributed by atoms with van der Waals surface area (Å²) in [5.74, 6) is -0.872. The Morgan fingerprint density at radius 3 is 2.51 bits per heavy atom. The van der Waals surface area contributed by atoms with Gasteiger partial charge in [0, 0.05) is 45.7 Å². The smallest absolute Gasteiger partial charge is 0.407 e. The van der Waals surface area contributed by atoms with Crippen LogP contribution in [-0.2, 0) is 11.2 Å². The summed E-state index contributed by atoms with van der Waals surface area (Å²) in [6, 6.07) is 7.86. The van der Waals surface area contributed by atoms with Crippen molar-refractivity contribution in [3.05, 3.63) is 46.2 Å². The van der Waals surface area contributed by atoms with Gasteiger partial charge in [-0.2, -0.15) is 0 Å². The molecule has 1 aromatic carbocycles. The molecule has 39 heavy (non-hydrogen) atoms. The number of rotatable bonds is 11. The average Bonchev–Trinajstić information content (AvgIpc) is 2.90. The van der Waals surface area contributed by atoms with E-state index < -0.39 is 12.0 Å². The third kappa shape index (κ3) is 8.42. The van der Waals surface area contributed by atoms with Crippen LogP contribution in [-0.4, -0.2) is 82.1 Å². The molecule has 2 heterocycles. The van der Waals surface area contributed by atoms with Gasteiger partial charge in [0.1, 0.15) is 0 Å². The molecule has 212 valence electrons. The standard InChI is InChI=1S/C26H37ClN8O4/c1-16-4-2-3-5-19(16)12-18(13-31-25(37)21-23(29)33-24(30)22(27)32-21)15-35(26(38)39)14-17-7-10-34(11-8-17)20(36)6-9-28/h2-5,17-18H,6-15,28H2,1H3,(H,31,37)(H,38,39)(H4,29,30,33). The number of nitrogens with two attached hydrogens (primary N) is 3. The number of carbonyl (C=O) groups is 3. The summed E-state index contributed by atoms with van der Waals surface area (Å²) < 4.78 is 0. The van der Waals surface area contributed by atoms with E-state index in [4.69, 9.17) is 28.8 Å². The second-order valence-electron chi connectivity index (χ2n) is 9.89. The Morgan fingerprint density at radius 2 is 1.87 bits per heavy atom. The van der Waals surface area contributed by atoms with Crippen LogP contribution in [0, 0.1) is 18.8 Å². The molecule has 0 radical (unpaired) electrons. The molecule has 8 N–H and O–H groups in total. The van der Waals surface area contributed by atoms with Gasteiger partial charge in [0.15, 0.2) is 22.5 Å². The van der Waals surface area contributed by atoms with Crippen LogP contribution in [0.5, 0.6) is 0 Å². The number of benzene rings is 1. The molecule has 12 nitrogen and oxygen atoms in total. The predicted molar refractivity (Wildman–Crippen MR) is 149 cm³/mol. The summed E-state index contributed by atoms with van der Waals surface area (Å²) >= 11 is 5.92. The highest BCUT2D eigenvalue weighted by Crippen LogP contribution is 2.22. The minimum Gasteiger partial charge on any atom is -0.465 e. The molecular weight excluding hydrogens is 524 g/mol. The maximum Gasteiger partial charge on any atom is 0.407 e. The summed E-state index contributed by atoms with van der Waals surface area (Å²) in [5.41, 5.74) is 18.9. The van der Waals surface area contributed by atoms with Crippen LogP contribution in [0.2, 0.25) is 5.15 Å². The zero-order valence-corrected chi connectivity index (χ0v) is 22.9. The molecule has 1 aliphatic rings. The number of likely N-dealkylation sites (tertiary alicyclic amines) is 1. The molecule has 1 atom stereocenters. The third-order valence-corrected chi connectivity index (χ3v) is 7.27. The van der Waals surface area contributed by atoms with Crippen molar-refractivity contribution >= 4 is 41.1 Å². The second-order valence-corrected chi connectivity index (χ2v) is 10.2. The minimum absolute atomic E-state index is 0.0350. The highest BCUT2D eigenvalue weighted by Gasteiger charge is 2.28. The van der Waals surface area contributed by atoms with Crippen LogP contribution in [0.3, 0.4) is 0 Å². The number of halogens is 1. The fourth-order valence-corrected chi connectivity index (χ4v) is 4.91. The van der Waals surface area contributed by atoms with Crippen LogP contribution < -0.4 is 22.5 Å². The topological polar surface area (TPSA) is 194 Å². The summed E-state index contributed by atoms with van der Waals surface area (Å²) in [4.78, 5) is 48.3. The molecule has 2 aromatic rings. The number of carboxylic acid groups (broad SMARTS) is 1. The maximum atomic E-state index is 12.9. The number of aromatic nitrogens is 2. The van der Waals surface area contributed by atoms with E-state index in [0.29, 0.717) is 39.0 Å². The van der Waals surface area contributed by atoms with Gasteiger partial charge in [-0.1, -0.05) is 35.9 Å². The Bertz CT molecular complexity index is 1170. The molecule has 1 saturated heterocycles. The van der Waals surface area contributed by atoms with Gasteiger partial charge in [-0.3, -0.25) is 9.59 Å². The van der Waals surface area contributed by atoms with Crippen LogP contribution in [0.4, 0.5) is 16.4 Å². The fraction of sp³-hybridized carbons (Fsp3) is 0.500. The predicted octanol–water partition coefficient (Wildman–Crippen LogP) is 1.76. The van der Waals surface area contributed by atoms with Gasteiger partial charge in [-0.15, -0.1) is 0 Å². The second kappa shape index (κ2) is 13.9. The Balaban J connectivity index is 1.70. The van der Waals surface area contributed by atoms with E-state index in [-0.39, 0.29) is 53.3 Å². The number of anilines is 2. The normalized spacial score (nSPS) is 14.6. The minimum atomic E-state index is -1.03. The van der Waals surface area contributed by atoms with Gasteiger partial charge < -0.3 is 37.4 Å². The molecule has 0 bridgehead atoms. The van der Waals surface area contributed by atoms with E-state index in [1.807, 2.05) is 31.2 Å². The number of carbonyl (C=O) groups excluding carboxylic acids is 2. The lowest BCUT2D eigenvalue weighted by Gasteiger charge is -2.35. The van der Waals surface area contributed by atoms with E-state index >= 15 is 0 Å². The van der Waals surface area contributed by atoms with E-state index in [0.717, 1.165) is 24.0 Å². The fourth-order valence-electron chi connectivity index (χ4n) is 4.78. The summed E-state index contributed by atoms with van der Waals surface area (Å²) in [6.45, 7) is 4.21. The van der Waals surface area contributed by atoms with Crippen molar-refractivity contribution in [3.8, 4) is 0 Å². The number of nitrogen functional groups attached to an aromatic ring is 2. The molecule has 0 aliphatic carbocycles. The van der Waals surface area contributed by atoms with E-state index in [9.17, 15) is 19.5 Å². The Kier molecular flexibility index (Phi) is 10.7. The van der Waals surface area contributed by atoms with E-state index in [1.54, 1.807) is 4.90 Å². The van der Waals surface area contributed by atoms with Crippen LogP contribution in [0.15, 0.2) is 24.3 Å². The first kappa shape index (κ1) is 29.9. The van der Waals surface area contributed by atoms with Crippen LogP contribution in [0.25, 0.3) is 0 Å².